The van der Waals surface area contributed by atoms with Crippen LogP contribution in [0.5, 0.6) is 5.75 Å². The molecule has 1 saturated heterocycles. The molecule has 1 amide bonds. The number of hydrogen-bond donors (Lipinski definition) is 1. The van der Waals surface area contributed by atoms with Gasteiger partial charge < -0.3 is 19.5 Å². The third kappa shape index (κ3) is 3.23. The van der Waals surface area contributed by atoms with Crippen LogP contribution in [0.15, 0.2) is 12.1 Å². The van der Waals surface area contributed by atoms with Crippen molar-refractivity contribution in [2.24, 2.45) is 5.92 Å². The minimum absolute atomic E-state index is 0.0811. The number of ether oxygens (including phenoxy) is 2. The van der Waals surface area contributed by atoms with Crippen molar-refractivity contribution >= 4 is 12.1 Å². The van der Waals surface area contributed by atoms with Gasteiger partial charge in [-0.1, -0.05) is 0 Å². The van der Waals surface area contributed by atoms with Crippen molar-refractivity contribution in [1.82, 2.24) is 4.90 Å². The van der Waals surface area contributed by atoms with Gasteiger partial charge in [-0.15, -0.1) is 0 Å². The zero-order valence-corrected chi connectivity index (χ0v) is 12.8. The van der Waals surface area contributed by atoms with Crippen molar-refractivity contribution in [2.75, 3.05) is 26.8 Å². The number of esters is 1. The lowest BCUT2D eigenvalue weighted by atomic mass is 10.0. The summed E-state index contributed by atoms with van der Waals surface area (Å²) in [7, 11) is 1.22. The van der Waals surface area contributed by atoms with E-state index in [0.717, 1.165) is 18.4 Å². The maximum absolute atomic E-state index is 14.1. The van der Waals surface area contributed by atoms with Gasteiger partial charge in [0.15, 0.2) is 0 Å². The average Bonchev–Trinajstić information content (AvgIpc) is 3.29. The summed E-state index contributed by atoms with van der Waals surface area (Å²) in [6, 6.07) is 2.74. The molecule has 7 heteroatoms. The highest BCUT2D eigenvalue weighted by molar-refractivity contribution is 5.90. The summed E-state index contributed by atoms with van der Waals surface area (Å²) in [5, 5.41) is 8.80. The van der Waals surface area contributed by atoms with Crippen molar-refractivity contribution in [3.63, 3.8) is 0 Å². The lowest BCUT2D eigenvalue weighted by molar-refractivity contribution is 0.0582. The zero-order chi connectivity index (χ0) is 16.6. The number of amides is 1. The van der Waals surface area contributed by atoms with E-state index in [0.29, 0.717) is 25.4 Å². The smallest absolute Gasteiger partial charge is 0.407 e. The van der Waals surface area contributed by atoms with Gasteiger partial charge in [-0.2, -0.15) is 0 Å². The first-order valence-corrected chi connectivity index (χ1v) is 7.52. The van der Waals surface area contributed by atoms with Crippen LogP contribution in [0.3, 0.4) is 0 Å². The summed E-state index contributed by atoms with van der Waals surface area (Å²) >= 11 is 0. The van der Waals surface area contributed by atoms with Crippen molar-refractivity contribution in [3.05, 3.63) is 29.1 Å². The molecule has 1 N–H and O–H groups in total. The molecule has 1 saturated carbocycles. The Kier molecular flexibility index (Phi) is 4.11. The molecular formula is C16H18FNO5. The first-order valence-electron chi connectivity index (χ1n) is 7.52. The highest BCUT2D eigenvalue weighted by Crippen LogP contribution is 2.45. The highest BCUT2D eigenvalue weighted by atomic mass is 19.1. The van der Waals surface area contributed by atoms with Crippen LogP contribution in [-0.4, -0.2) is 48.9 Å². The first-order chi connectivity index (χ1) is 11.0. The fraction of sp³-hybridized carbons (Fsp3) is 0.500. The van der Waals surface area contributed by atoms with E-state index in [1.807, 2.05) is 0 Å². The molecule has 0 radical (unpaired) electrons. The molecule has 0 unspecified atom stereocenters. The molecule has 1 aliphatic heterocycles. The van der Waals surface area contributed by atoms with E-state index in [1.54, 1.807) is 0 Å². The molecule has 6 nitrogen and oxygen atoms in total. The van der Waals surface area contributed by atoms with E-state index in [2.05, 4.69) is 4.74 Å². The Morgan fingerprint density at radius 2 is 2.04 bits per heavy atom. The minimum atomic E-state index is -0.937. The molecule has 0 bridgehead atoms. The first kappa shape index (κ1) is 15.6. The fourth-order valence-electron chi connectivity index (χ4n) is 2.72. The number of carbonyl (C=O) groups is 2. The standard InChI is InChI=1S/C16H18FNO5/c1-22-15(19)12-4-11(10-2-3-10)14(5-13(12)17)23-8-9-6-18(7-9)16(20)21/h4-5,9-10H,2-3,6-8H2,1H3,(H,20,21). The highest BCUT2D eigenvalue weighted by Gasteiger charge is 2.33. The number of benzene rings is 1. The van der Waals surface area contributed by atoms with Gasteiger partial charge >= 0.3 is 12.1 Å². The van der Waals surface area contributed by atoms with E-state index in [4.69, 9.17) is 9.84 Å². The molecule has 1 aromatic rings. The van der Waals surface area contributed by atoms with Gasteiger partial charge in [0.25, 0.3) is 0 Å². The monoisotopic (exact) mass is 323 g/mol. The van der Waals surface area contributed by atoms with E-state index < -0.39 is 17.9 Å². The fourth-order valence-corrected chi connectivity index (χ4v) is 2.72. The molecule has 1 aromatic carbocycles. The summed E-state index contributed by atoms with van der Waals surface area (Å²) in [4.78, 5) is 23.6. The molecule has 2 fully saturated rings. The summed E-state index contributed by atoms with van der Waals surface area (Å²) < 4.78 is 24.4. The van der Waals surface area contributed by atoms with E-state index in [9.17, 15) is 14.0 Å². The molecule has 0 atom stereocenters. The lowest BCUT2D eigenvalue weighted by Gasteiger charge is -2.36. The van der Waals surface area contributed by atoms with Gasteiger partial charge in [0.1, 0.15) is 11.6 Å². The molecule has 0 aromatic heterocycles. The number of methoxy groups -OCH3 is 1. The zero-order valence-electron chi connectivity index (χ0n) is 12.8. The second-order valence-electron chi connectivity index (χ2n) is 6.00. The predicted molar refractivity (Wildman–Crippen MR) is 78.3 cm³/mol. The van der Waals surface area contributed by atoms with Crippen LogP contribution in [0.2, 0.25) is 0 Å². The predicted octanol–water partition coefficient (Wildman–Crippen LogP) is 2.48. The average molecular weight is 323 g/mol. The number of likely N-dealkylation sites (tertiary alicyclic amines) is 1. The Morgan fingerprint density at radius 3 is 2.61 bits per heavy atom. The maximum atomic E-state index is 14.1. The van der Waals surface area contributed by atoms with Gasteiger partial charge in [0, 0.05) is 25.1 Å². The quantitative estimate of drug-likeness (QED) is 0.843. The number of carbonyl (C=O) groups excluding carboxylic acids is 1. The molecule has 23 heavy (non-hydrogen) atoms. The second-order valence-corrected chi connectivity index (χ2v) is 6.00. The Labute approximate surface area is 132 Å². The van der Waals surface area contributed by atoms with Crippen molar-refractivity contribution < 1.29 is 28.6 Å². The molecule has 124 valence electrons. The Balaban J connectivity index is 1.70. The van der Waals surface area contributed by atoms with Crippen molar-refractivity contribution in [2.45, 2.75) is 18.8 Å². The SMILES string of the molecule is COC(=O)c1cc(C2CC2)c(OCC2CN(C(=O)O)C2)cc1F. The Hall–Kier alpha value is -2.31. The van der Waals surface area contributed by atoms with Gasteiger partial charge in [-0.25, -0.2) is 14.0 Å². The van der Waals surface area contributed by atoms with Crippen molar-refractivity contribution in [3.8, 4) is 5.75 Å². The van der Waals surface area contributed by atoms with Gasteiger partial charge in [0.2, 0.25) is 0 Å². The Bertz CT molecular complexity index is 638. The van der Waals surface area contributed by atoms with Crippen LogP contribution < -0.4 is 4.74 Å². The maximum Gasteiger partial charge on any atom is 0.407 e. The number of nitrogens with zero attached hydrogens (tertiary/aromatic N) is 1. The van der Waals surface area contributed by atoms with Crippen molar-refractivity contribution in [1.29, 1.82) is 0 Å². The molecule has 3 rings (SSSR count). The van der Waals surface area contributed by atoms with Gasteiger partial charge in [0.05, 0.1) is 19.3 Å². The van der Waals surface area contributed by atoms with Gasteiger partial charge in [-0.05, 0) is 30.4 Å². The number of carboxylic acid groups (broad SMARTS) is 1. The van der Waals surface area contributed by atoms with Crippen LogP contribution in [0.25, 0.3) is 0 Å². The molecular weight excluding hydrogens is 305 g/mol. The van der Waals surface area contributed by atoms with Crippen LogP contribution in [0, 0.1) is 11.7 Å². The number of halogens is 1. The van der Waals surface area contributed by atoms with E-state index in [-0.39, 0.29) is 17.4 Å². The summed E-state index contributed by atoms with van der Waals surface area (Å²) in [5.74, 6) is -0.539. The Morgan fingerprint density at radius 1 is 1.35 bits per heavy atom. The molecule has 1 heterocycles. The van der Waals surface area contributed by atoms with Gasteiger partial charge in [-0.3, -0.25) is 0 Å². The third-order valence-electron chi connectivity index (χ3n) is 4.22. The summed E-state index contributed by atoms with van der Waals surface area (Å²) in [5.41, 5.74) is 0.740. The topological polar surface area (TPSA) is 76.1 Å². The second kappa shape index (κ2) is 6.06. The normalized spacial score (nSPS) is 17.6. The lowest BCUT2D eigenvalue weighted by Crippen LogP contribution is -2.51. The third-order valence-corrected chi connectivity index (χ3v) is 4.22. The van der Waals surface area contributed by atoms with Crippen LogP contribution in [0.4, 0.5) is 9.18 Å². The molecule has 1 aliphatic carbocycles. The number of hydrogen-bond acceptors (Lipinski definition) is 4. The summed E-state index contributed by atoms with van der Waals surface area (Å²) in [6.45, 7) is 1.19. The minimum Gasteiger partial charge on any atom is -0.493 e. The molecule has 2 aliphatic rings. The summed E-state index contributed by atoms with van der Waals surface area (Å²) in [6.07, 6.45) is 1.03. The van der Waals surface area contributed by atoms with E-state index >= 15 is 0 Å². The molecule has 0 spiro atoms. The van der Waals surface area contributed by atoms with Crippen LogP contribution in [0.1, 0.15) is 34.7 Å². The van der Waals surface area contributed by atoms with E-state index in [1.165, 1.54) is 24.1 Å². The van der Waals surface area contributed by atoms with Crippen LogP contribution in [-0.2, 0) is 4.74 Å². The number of rotatable bonds is 5. The largest absolute Gasteiger partial charge is 0.493 e. The van der Waals surface area contributed by atoms with Crippen LogP contribution >= 0.6 is 0 Å².